The Kier molecular flexibility index (Phi) is 3.94. The van der Waals surface area contributed by atoms with Crippen molar-refractivity contribution in [2.75, 3.05) is 19.0 Å². The molecule has 0 aliphatic heterocycles. The third-order valence-electron chi connectivity index (χ3n) is 1.78. The fourth-order valence-corrected chi connectivity index (χ4v) is 1.06. The number of anilines is 1. The SMILES string of the molecule is COC(=O)[C@H](CO)Nc1ccccc1. The number of aliphatic hydroxyl groups excluding tert-OH is 1. The zero-order valence-corrected chi connectivity index (χ0v) is 7.93. The molecule has 0 bridgehead atoms. The van der Waals surface area contributed by atoms with Gasteiger partial charge in [-0.1, -0.05) is 18.2 Å². The van der Waals surface area contributed by atoms with Crippen LogP contribution in [0.5, 0.6) is 0 Å². The lowest BCUT2D eigenvalue weighted by molar-refractivity contribution is -0.142. The molecule has 0 saturated carbocycles. The summed E-state index contributed by atoms with van der Waals surface area (Å²) in [4.78, 5) is 11.1. The number of rotatable bonds is 4. The average molecular weight is 195 g/mol. The van der Waals surface area contributed by atoms with E-state index in [1.54, 1.807) is 0 Å². The van der Waals surface area contributed by atoms with E-state index in [1.807, 2.05) is 30.3 Å². The molecular formula is C10H13NO3. The minimum absolute atomic E-state index is 0.290. The van der Waals surface area contributed by atoms with Crippen molar-refractivity contribution in [2.45, 2.75) is 6.04 Å². The lowest BCUT2D eigenvalue weighted by Crippen LogP contribution is -2.33. The molecule has 0 aliphatic rings. The van der Waals surface area contributed by atoms with E-state index in [9.17, 15) is 4.79 Å². The molecule has 0 aliphatic carbocycles. The third kappa shape index (κ3) is 2.74. The minimum Gasteiger partial charge on any atom is -0.467 e. The Morgan fingerprint density at radius 3 is 2.64 bits per heavy atom. The largest absolute Gasteiger partial charge is 0.467 e. The first-order chi connectivity index (χ1) is 6.77. The van der Waals surface area contributed by atoms with Crippen molar-refractivity contribution in [3.05, 3.63) is 30.3 Å². The van der Waals surface area contributed by atoms with Gasteiger partial charge in [0.2, 0.25) is 0 Å². The van der Waals surface area contributed by atoms with Crippen molar-refractivity contribution < 1.29 is 14.6 Å². The molecule has 1 rings (SSSR count). The molecule has 1 aromatic carbocycles. The number of esters is 1. The molecular weight excluding hydrogens is 182 g/mol. The molecule has 0 aromatic heterocycles. The van der Waals surface area contributed by atoms with Crippen molar-refractivity contribution in [3.63, 3.8) is 0 Å². The number of carbonyl (C=O) groups excluding carboxylic acids is 1. The standard InChI is InChI=1S/C10H13NO3/c1-14-10(13)9(7-12)11-8-5-3-2-4-6-8/h2-6,9,11-12H,7H2,1H3/t9-/m0/s1. The maximum atomic E-state index is 11.1. The van der Waals surface area contributed by atoms with Crippen molar-refractivity contribution >= 4 is 11.7 Å². The van der Waals surface area contributed by atoms with Crippen LogP contribution in [-0.2, 0) is 9.53 Å². The van der Waals surface area contributed by atoms with E-state index in [0.29, 0.717) is 0 Å². The number of aliphatic hydroxyl groups is 1. The summed E-state index contributed by atoms with van der Waals surface area (Å²) in [5.41, 5.74) is 0.775. The first-order valence-electron chi connectivity index (χ1n) is 4.28. The molecule has 14 heavy (non-hydrogen) atoms. The fourth-order valence-electron chi connectivity index (χ4n) is 1.06. The predicted octanol–water partition coefficient (Wildman–Crippen LogP) is 0.632. The summed E-state index contributed by atoms with van der Waals surface area (Å²) in [5.74, 6) is -0.476. The highest BCUT2D eigenvalue weighted by atomic mass is 16.5. The molecule has 0 saturated heterocycles. The Morgan fingerprint density at radius 2 is 2.14 bits per heavy atom. The maximum absolute atomic E-state index is 11.1. The summed E-state index contributed by atoms with van der Waals surface area (Å²) in [6.07, 6.45) is 0. The number of ether oxygens (including phenoxy) is 1. The molecule has 1 atom stereocenters. The topological polar surface area (TPSA) is 58.6 Å². The van der Waals surface area contributed by atoms with Gasteiger partial charge in [-0.3, -0.25) is 0 Å². The van der Waals surface area contributed by atoms with Crippen molar-refractivity contribution in [2.24, 2.45) is 0 Å². The monoisotopic (exact) mass is 195 g/mol. The van der Waals surface area contributed by atoms with E-state index in [1.165, 1.54) is 7.11 Å². The molecule has 0 heterocycles. The number of nitrogens with one attached hydrogen (secondary N) is 1. The van der Waals surface area contributed by atoms with Crippen LogP contribution in [0.4, 0.5) is 5.69 Å². The number of hydrogen-bond donors (Lipinski definition) is 2. The van der Waals surface area contributed by atoms with Crippen molar-refractivity contribution in [1.82, 2.24) is 0 Å². The molecule has 0 radical (unpaired) electrons. The Morgan fingerprint density at radius 1 is 1.50 bits per heavy atom. The van der Waals surface area contributed by atoms with Crippen LogP contribution in [-0.4, -0.2) is 30.8 Å². The van der Waals surface area contributed by atoms with Crippen LogP contribution >= 0.6 is 0 Å². The van der Waals surface area contributed by atoms with Gasteiger partial charge in [-0.2, -0.15) is 0 Å². The minimum atomic E-state index is -0.706. The van der Waals surface area contributed by atoms with E-state index in [4.69, 9.17) is 5.11 Å². The van der Waals surface area contributed by atoms with Crippen molar-refractivity contribution in [3.8, 4) is 0 Å². The lowest BCUT2D eigenvalue weighted by Gasteiger charge is -2.14. The summed E-state index contributed by atoms with van der Waals surface area (Å²) < 4.78 is 4.51. The number of benzene rings is 1. The molecule has 4 nitrogen and oxygen atoms in total. The van der Waals surface area contributed by atoms with E-state index in [-0.39, 0.29) is 6.61 Å². The van der Waals surface area contributed by atoms with E-state index in [2.05, 4.69) is 10.1 Å². The highest BCUT2D eigenvalue weighted by molar-refractivity contribution is 5.79. The zero-order valence-electron chi connectivity index (χ0n) is 7.93. The Bertz CT molecular complexity index is 287. The summed E-state index contributed by atoms with van der Waals surface area (Å²) in [5, 5.41) is 11.8. The Labute approximate surface area is 82.5 Å². The number of para-hydroxylation sites is 1. The zero-order chi connectivity index (χ0) is 10.4. The van der Waals surface area contributed by atoms with Crippen LogP contribution in [0.25, 0.3) is 0 Å². The summed E-state index contributed by atoms with van der Waals surface area (Å²) in [6, 6.07) is 8.47. The lowest BCUT2D eigenvalue weighted by atomic mass is 10.2. The van der Waals surface area contributed by atoms with Crippen molar-refractivity contribution in [1.29, 1.82) is 0 Å². The maximum Gasteiger partial charge on any atom is 0.330 e. The molecule has 2 N–H and O–H groups in total. The second kappa shape index (κ2) is 5.24. The van der Waals surface area contributed by atoms with Gasteiger partial charge in [0.25, 0.3) is 0 Å². The van der Waals surface area contributed by atoms with E-state index >= 15 is 0 Å². The number of hydrogen-bond acceptors (Lipinski definition) is 4. The predicted molar refractivity (Wildman–Crippen MR) is 53.0 cm³/mol. The molecule has 0 spiro atoms. The first-order valence-corrected chi connectivity index (χ1v) is 4.28. The van der Waals surface area contributed by atoms with Gasteiger partial charge in [-0.15, -0.1) is 0 Å². The Hall–Kier alpha value is -1.55. The molecule has 4 heteroatoms. The second-order valence-electron chi connectivity index (χ2n) is 2.77. The average Bonchev–Trinajstić information content (AvgIpc) is 2.26. The molecule has 0 fully saturated rings. The Balaban J connectivity index is 2.62. The fraction of sp³-hybridized carbons (Fsp3) is 0.300. The van der Waals surface area contributed by atoms with Gasteiger partial charge in [0.1, 0.15) is 6.04 Å². The highest BCUT2D eigenvalue weighted by Crippen LogP contribution is 2.07. The number of carbonyl (C=O) groups is 1. The highest BCUT2D eigenvalue weighted by Gasteiger charge is 2.16. The quantitative estimate of drug-likeness (QED) is 0.692. The summed E-state index contributed by atoms with van der Waals surface area (Å²) in [7, 11) is 1.29. The van der Waals surface area contributed by atoms with Crippen LogP contribution in [0.1, 0.15) is 0 Å². The third-order valence-corrected chi connectivity index (χ3v) is 1.78. The van der Waals surface area contributed by atoms with Gasteiger partial charge in [0.15, 0.2) is 0 Å². The summed E-state index contributed by atoms with van der Waals surface area (Å²) in [6.45, 7) is -0.290. The van der Waals surface area contributed by atoms with Gasteiger partial charge in [0, 0.05) is 5.69 Å². The van der Waals surface area contributed by atoms with Gasteiger partial charge < -0.3 is 15.2 Å². The van der Waals surface area contributed by atoms with Crippen LogP contribution in [0.15, 0.2) is 30.3 Å². The van der Waals surface area contributed by atoms with Gasteiger partial charge >= 0.3 is 5.97 Å². The molecule has 76 valence electrons. The summed E-state index contributed by atoms with van der Waals surface area (Å²) >= 11 is 0. The van der Waals surface area contributed by atoms with Crippen LogP contribution < -0.4 is 5.32 Å². The van der Waals surface area contributed by atoms with Gasteiger partial charge in [-0.05, 0) is 12.1 Å². The van der Waals surface area contributed by atoms with Crippen LogP contribution in [0.2, 0.25) is 0 Å². The van der Waals surface area contributed by atoms with E-state index < -0.39 is 12.0 Å². The van der Waals surface area contributed by atoms with Gasteiger partial charge in [0.05, 0.1) is 13.7 Å². The first kappa shape index (κ1) is 10.5. The van der Waals surface area contributed by atoms with E-state index in [0.717, 1.165) is 5.69 Å². The molecule has 0 unspecified atom stereocenters. The van der Waals surface area contributed by atoms with Crippen LogP contribution in [0.3, 0.4) is 0 Å². The van der Waals surface area contributed by atoms with Crippen LogP contribution in [0, 0.1) is 0 Å². The smallest absolute Gasteiger partial charge is 0.330 e. The normalized spacial score (nSPS) is 11.9. The number of methoxy groups -OCH3 is 1. The second-order valence-corrected chi connectivity index (χ2v) is 2.77. The van der Waals surface area contributed by atoms with Gasteiger partial charge in [-0.25, -0.2) is 4.79 Å². The molecule has 1 aromatic rings. The molecule has 0 amide bonds.